The molecule has 7 nitrogen and oxygen atoms in total. The second kappa shape index (κ2) is 7.72. The molecule has 0 fully saturated rings. The average Bonchev–Trinajstić information content (AvgIpc) is 3.00. The number of aryl methyl sites for hydroxylation is 1. The summed E-state index contributed by atoms with van der Waals surface area (Å²) >= 11 is 0. The van der Waals surface area contributed by atoms with Crippen molar-refractivity contribution in [3.05, 3.63) is 46.7 Å². The van der Waals surface area contributed by atoms with Crippen LogP contribution in [0.2, 0.25) is 0 Å². The molecule has 3 rings (SSSR count). The van der Waals surface area contributed by atoms with Crippen molar-refractivity contribution in [2.24, 2.45) is 13.0 Å². The van der Waals surface area contributed by atoms with E-state index in [0.29, 0.717) is 6.42 Å². The maximum absolute atomic E-state index is 12.2. The van der Waals surface area contributed by atoms with E-state index < -0.39 is 23.8 Å². The van der Waals surface area contributed by atoms with Crippen molar-refractivity contribution in [3.63, 3.8) is 0 Å². The fourth-order valence-electron chi connectivity index (χ4n) is 3.51. The number of fused-ring (bicyclic) bond motifs is 3. The average molecular weight is 383 g/mol. The first kappa shape index (κ1) is 19.4. The lowest BCUT2D eigenvalue weighted by atomic mass is 9.86. The van der Waals surface area contributed by atoms with Gasteiger partial charge in [0.15, 0.2) is 0 Å². The summed E-state index contributed by atoms with van der Waals surface area (Å²) in [5, 5.41) is 0.942. The van der Waals surface area contributed by atoms with E-state index in [4.69, 9.17) is 9.47 Å². The number of nitrogens with zero attached hydrogens (tertiary/aromatic N) is 1. The van der Waals surface area contributed by atoms with E-state index in [9.17, 15) is 14.4 Å². The zero-order valence-electron chi connectivity index (χ0n) is 16.1. The lowest BCUT2D eigenvalue weighted by Crippen LogP contribution is -2.28. The van der Waals surface area contributed by atoms with Crippen LogP contribution in [-0.4, -0.2) is 43.8 Å². The molecule has 1 aliphatic carbocycles. The highest BCUT2D eigenvalue weighted by atomic mass is 16.5. The number of carbonyl (C=O) groups excluding carboxylic acids is 3. The third-order valence-electron chi connectivity index (χ3n) is 4.98. The summed E-state index contributed by atoms with van der Waals surface area (Å²) < 4.78 is 16.3. The monoisotopic (exact) mass is 383 g/mol. The number of esters is 3. The molecule has 0 radical (unpaired) electrons. The molecule has 1 aliphatic rings. The molecule has 7 heteroatoms. The van der Waals surface area contributed by atoms with Crippen molar-refractivity contribution in [3.8, 4) is 0 Å². The SMILES string of the molecule is COC(=O)/C=C/c1ccc2c3c(n(C)c2c1)CC(C(=O)OC)C(C(=O)OC)=C3. The van der Waals surface area contributed by atoms with Crippen molar-refractivity contribution in [2.75, 3.05) is 21.3 Å². The van der Waals surface area contributed by atoms with Gasteiger partial charge in [0.05, 0.1) is 32.8 Å². The molecule has 28 heavy (non-hydrogen) atoms. The van der Waals surface area contributed by atoms with E-state index in [1.807, 2.05) is 29.8 Å². The topological polar surface area (TPSA) is 83.8 Å². The van der Waals surface area contributed by atoms with Crippen LogP contribution < -0.4 is 0 Å². The third kappa shape index (κ3) is 3.31. The van der Waals surface area contributed by atoms with Crippen LogP contribution >= 0.6 is 0 Å². The number of aromatic nitrogens is 1. The molecule has 0 spiro atoms. The van der Waals surface area contributed by atoms with Crippen molar-refractivity contribution in [1.82, 2.24) is 4.57 Å². The van der Waals surface area contributed by atoms with Crippen molar-refractivity contribution < 1.29 is 28.6 Å². The van der Waals surface area contributed by atoms with Crippen LogP contribution in [0.1, 0.15) is 16.8 Å². The Morgan fingerprint density at radius 3 is 2.50 bits per heavy atom. The van der Waals surface area contributed by atoms with Gasteiger partial charge in [0, 0.05) is 41.7 Å². The Balaban J connectivity index is 2.13. The van der Waals surface area contributed by atoms with Crippen LogP contribution in [-0.2, 0) is 42.1 Å². The van der Waals surface area contributed by atoms with E-state index in [-0.39, 0.29) is 5.57 Å². The normalized spacial score (nSPS) is 15.9. The van der Waals surface area contributed by atoms with Crippen LogP contribution in [0.5, 0.6) is 0 Å². The first-order chi connectivity index (χ1) is 13.4. The molecular weight excluding hydrogens is 362 g/mol. The standard InChI is InChI=1S/C21H21NO6/c1-22-17-9-12(6-8-19(23)26-2)5-7-13(17)14-10-15(20(24)27-3)16(11-18(14)22)21(25)28-4/h5-10,16H,11H2,1-4H3/b8-6+. The van der Waals surface area contributed by atoms with Gasteiger partial charge in [-0.2, -0.15) is 0 Å². The number of carbonyl (C=O) groups is 3. The Morgan fingerprint density at radius 2 is 1.86 bits per heavy atom. The molecule has 1 unspecified atom stereocenters. The summed E-state index contributed by atoms with van der Waals surface area (Å²) in [6, 6.07) is 5.74. The minimum atomic E-state index is -0.716. The molecule has 0 saturated heterocycles. The van der Waals surface area contributed by atoms with Crippen molar-refractivity contribution >= 4 is 41.0 Å². The molecule has 1 aromatic carbocycles. The Hall–Kier alpha value is -3.35. The molecule has 1 heterocycles. The van der Waals surface area contributed by atoms with Crippen LogP contribution in [0.15, 0.2) is 29.8 Å². The molecule has 0 aliphatic heterocycles. The van der Waals surface area contributed by atoms with Crippen molar-refractivity contribution in [2.45, 2.75) is 6.42 Å². The summed E-state index contributed by atoms with van der Waals surface area (Å²) in [6.07, 6.45) is 5.07. The van der Waals surface area contributed by atoms with Gasteiger partial charge in [-0.1, -0.05) is 12.1 Å². The van der Waals surface area contributed by atoms with Crippen LogP contribution in [0.25, 0.3) is 23.1 Å². The maximum Gasteiger partial charge on any atom is 0.334 e. The fraction of sp³-hybridized carbons (Fsp3) is 0.286. The van der Waals surface area contributed by atoms with Crippen LogP contribution in [0.3, 0.4) is 0 Å². The Kier molecular flexibility index (Phi) is 5.35. The van der Waals surface area contributed by atoms with Gasteiger partial charge in [-0.05, 0) is 23.8 Å². The van der Waals surface area contributed by atoms with Gasteiger partial charge in [0.2, 0.25) is 0 Å². The second-order valence-electron chi connectivity index (χ2n) is 6.42. The quantitative estimate of drug-likeness (QED) is 0.458. The van der Waals surface area contributed by atoms with Gasteiger partial charge in [-0.3, -0.25) is 4.79 Å². The zero-order chi connectivity index (χ0) is 20.4. The van der Waals surface area contributed by atoms with Gasteiger partial charge in [0.1, 0.15) is 0 Å². The molecule has 0 amide bonds. The minimum Gasteiger partial charge on any atom is -0.469 e. The molecule has 0 bridgehead atoms. The van der Waals surface area contributed by atoms with E-state index in [2.05, 4.69) is 4.74 Å². The number of hydrogen-bond donors (Lipinski definition) is 0. The van der Waals surface area contributed by atoms with Crippen molar-refractivity contribution in [1.29, 1.82) is 0 Å². The van der Waals surface area contributed by atoms with E-state index >= 15 is 0 Å². The maximum atomic E-state index is 12.2. The molecular formula is C21H21NO6. The Morgan fingerprint density at radius 1 is 1.11 bits per heavy atom. The summed E-state index contributed by atoms with van der Waals surface area (Å²) in [6.45, 7) is 0. The highest BCUT2D eigenvalue weighted by molar-refractivity contribution is 6.04. The first-order valence-electron chi connectivity index (χ1n) is 8.66. The molecule has 1 aromatic heterocycles. The zero-order valence-corrected chi connectivity index (χ0v) is 16.1. The first-order valence-corrected chi connectivity index (χ1v) is 8.66. The highest BCUT2D eigenvalue weighted by Gasteiger charge is 2.35. The van der Waals surface area contributed by atoms with E-state index in [1.54, 1.807) is 12.2 Å². The Bertz CT molecular complexity index is 1030. The number of hydrogen-bond acceptors (Lipinski definition) is 6. The fourth-order valence-corrected chi connectivity index (χ4v) is 3.51. The molecule has 2 aromatic rings. The largest absolute Gasteiger partial charge is 0.469 e. The van der Waals surface area contributed by atoms with Gasteiger partial charge in [-0.25, -0.2) is 9.59 Å². The van der Waals surface area contributed by atoms with Gasteiger partial charge >= 0.3 is 17.9 Å². The summed E-state index contributed by atoms with van der Waals surface area (Å²) in [4.78, 5) is 35.8. The van der Waals surface area contributed by atoms with Gasteiger partial charge in [-0.15, -0.1) is 0 Å². The lowest BCUT2D eigenvalue weighted by molar-refractivity contribution is -0.147. The smallest absolute Gasteiger partial charge is 0.334 e. The molecule has 1 atom stereocenters. The summed E-state index contributed by atoms with van der Waals surface area (Å²) in [5.41, 5.74) is 3.83. The Labute approximate surface area is 162 Å². The number of methoxy groups -OCH3 is 3. The van der Waals surface area contributed by atoms with Crippen LogP contribution in [0.4, 0.5) is 0 Å². The van der Waals surface area contributed by atoms with Gasteiger partial charge < -0.3 is 18.8 Å². The third-order valence-corrected chi connectivity index (χ3v) is 4.98. The lowest BCUT2D eigenvalue weighted by Gasteiger charge is -2.22. The second-order valence-corrected chi connectivity index (χ2v) is 6.42. The summed E-state index contributed by atoms with van der Waals surface area (Å²) in [7, 11) is 5.81. The van der Waals surface area contributed by atoms with Gasteiger partial charge in [0.25, 0.3) is 0 Å². The minimum absolute atomic E-state index is 0.281. The number of ether oxygens (including phenoxy) is 3. The highest BCUT2D eigenvalue weighted by Crippen LogP contribution is 2.36. The predicted molar refractivity (Wildman–Crippen MR) is 103 cm³/mol. The molecule has 0 N–H and O–H groups in total. The number of benzene rings is 1. The van der Waals surface area contributed by atoms with E-state index in [0.717, 1.165) is 27.7 Å². The number of rotatable bonds is 4. The van der Waals surface area contributed by atoms with Crippen LogP contribution in [0, 0.1) is 5.92 Å². The van der Waals surface area contributed by atoms with E-state index in [1.165, 1.54) is 27.4 Å². The summed E-state index contributed by atoms with van der Waals surface area (Å²) in [5.74, 6) is -2.17. The molecule has 146 valence electrons. The molecule has 0 saturated carbocycles. The predicted octanol–water partition coefficient (Wildman–Crippen LogP) is 2.27.